The Morgan fingerprint density at radius 3 is 2.21 bits per heavy atom. The van der Waals surface area contributed by atoms with E-state index in [9.17, 15) is 19.5 Å². The van der Waals surface area contributed by atoms with Gasteiger partial charge in [0.1, 0.15) is 11.7 Å². The maximum absolute atomic E-state index is 13.6. The Hall–Kier alpha value is -4.65. The molecule has 1 aliphatic carbocycles. The van der Waals surface area contributed by atoms with Crippen molar-refractivity contribution in [1.82, 2.24) is 4.98 Å². The van der Waals surface area contributed by atoms with E-state index in [0.717, 1.165) is 4.90 Å². The van der Waals surface area contributed by atoms with Gasteiger partial charge in [0.25, 0.3) is 5.91 Å². The van der Waals surface area contributed by atoms with Gasteiger partial charge < -0.3 is 5.11 Å². The number of aliphatic hydroxyl groups excluding tert-OH is 1. The molecule has 2 aliphatic heterocycles. The standard InChI is InChI=1S/C26H15N3O4/c30-23-15-10-4-5-11-16(15)24(31)20(23)22-19-18(21(28-22)17-12-6-7-13-27-17)25(32)29(26(19)33)14-8-2-1-3-9-14/h1-13,19,30H. The number of hydrogen-bond donors (Lipinski definition) is 1. The number of aliphatic imine (C=N–C) groups is 1. The highest BCUT2D eigenvalue weighted by molar-refractivity contribution is 6.47. The molecule has 1 aromatic heterocycles. The number of fused-ring (bicyclic) bond motifs is 2. The predicted octanol–water partition coefficient (Wildman–Crippen LogP) is 3.60. The normalized spacial score (nSPS) is 19.4. The van der Waals surface area contributed by atoms with Gasteiger partial charge in [-0.3, -0.25) is 19.4 Å². The zero-order chi connectivity index (χ0) is 22.7. The summed E-state index contributed by atoms with van der Waals surface area (Å²) in [7, 11) is 0. The van der Waals surface area contributed by atoms with Crippen molar-refractivity contribution in [3.05, 3.63) is 107 Å². The van der Waals surface area contributed by atoms with Crippen LogP contribution in [0.5, 0.6) is 0 Å². The van der Waals surface area contributed by atoms with Crippen LogP contribution in [0.15, 0.2) is 95.1 Å². The minimum Gasteiger partial charge on any atom is -0.506 e. The SMILES string of the molecule is O=C1C(C2=NC(c3ccccn3)=C3C(=O)N(c4ccccc4)C(=O)C23)=C(O)c2ccccc21. The van der Waals surface area contributed by atoms with Crippen LogP contribution in [0.3, 0.4) is 0 Å². The second-order valence-electron chi connectivity index (χ2n) is 7.82. The smallest absolute Gasteiger partial charge is 0.264 e. The number of amides is 2. The average molecular weight is 433 g/mol. The third-order valence-electron chi connectivity index (χ3n) is 6.02. The van der Waals surface area contributed by atoms with Crippen LogP contribution < -0.4 is 4.90 Å². The van der Waals surface area contributed by atoms with Crippen molar-refractivity contribution in [2.45, 2.75) is 0 Å². The molecule has 7 heteroatoms. The number of ketones is 1. The summed E-state index contributed by atoms with van der Waals surface area (Å²) < 4.78 is 0. The van der Waals surface area contributed by atoms with E-state index in [1.807, 2.05) is 0 Å². The Labute approximate surface area is 188 Å². The summed E-state index contributed by atoms with van der Waals surface area (Å²) in [5.74, 6) is -2.81. The zero-order valence-corrected chi connectivity index (χ0v) is 17.1. The number of allylic oxidation sites excluding steroid dienone is 1. The molecule has 7 nitrogen and oxygen atoms in total. The highest BCUT2D eigenvalue weighted by atomic mass is 16.3. The first kappa shape index (κ1) is 19.1. The molecule has 158 valence electrons. The van der Waals surface area contributed by atoms with Crippen molar-refractivity contribution in [3.8, 4) is 0 Å². The number of aromatic nitrogens is 1. The number of carbonyl (C=O) groups is 3. The van der Waals surface area contributed by atoms with Crippen LogP contribution in [0.25, 0.3) is 11.5 Å². The number of para-hydroxylation sites is 1. The molecule has 0 spiro atoms. The molecule has 2 amide bonds. The van der Waals surface area contributed by atoms with Gasteiger partial charge in [-0.05, 0) is 24.3 Å². The Kier molecular flexibility index (Phi) is 4.00. The van der Waals surface area contributed by atoms with Gasteiger partial charge in [-0.2, -0.15) is 0 Å². The monoisotopic (exact) mass is 433 g/mol. The number of imide groups is 1. The molecule has 2 aromatic carbocycles. The summed E-state index contributed by atoms with van der Waals surface area (Å²) in [6, 6.07) is 20.4. The second kappa shape index (κ2) is 6.93. The maximum atomic E-state index is 13.6. The number of Topliss-reactive ketones (excluding diaryl/α,β-unsaturated/α-hetero) is 1. The number of anilines is 1. The van der Waals surface area contributed by atoms with Gasteiger partial charge in [0.15, 0.2) is 5.78 Å². The van der Waals surface area contributed by atoms with Crippen LogP contribution in [0.2, 0.25) is 0 Å². The Morgan fingerprint density at radius 2 is 1.52 bits per heavy atom. The van der Waals surface area contributed by atoms with Crippen LogP contribution in [0.1, 0.15) is 21.6 Å². The van der Waals surface area contributed by atoms with Gasteiger partial charge in [-0.1, -0.05) is 48.5 Å². The topological polar surface area (TPSA) is 99.9 Å². The predicted molar refractivity (Wildman–Crippen MR) is 121 cm³/mol. The van der Waals surface area contributed by atoms with E-state index in [2.05, 4.69) is 9.98 Å². The average Bonchev–Trinajstić information content (AvgIpc) is 3.44. The number of pyridine rings is 1. The molecule has 0 bridgehead atoms. The van der Waals surface area contributed by atoms with Gasteiger partial charge >= 0.3 is 0 Å². The van der Waals surface area contributed by atoms with E-state index >= 15 is 0 Å². The van der Waals surface area contributed by atoms with Gasteiger partial charge in [0, 0.05) is 17.3 Å². The van der Waals surface area contributed by atoms with Crippen molar-refractivity contribution in [1.29, 1.82) is 0 Å². The minimum absolute atomic E-state index is 0.0549. The number of rotatable bonds is 3. The first-order chi connectivity index (χ1) is 16.1. The molecule has 1 N–H and O–H groups in total. The molecule has 33 heavy (non-hydrogen) atoms. The zero-order valence-electron chi connectivity index (χ0n) is 17.1. The Morgan fingerprint density at radius 1 is 0.818 bits per heavy atom. The highest BCUT2D eigenvalue weighted by Crippen LogP contribution is 2.45. The molecule has 0 radical (unpaired) electrons. The number of nitrogens with zero attached hydrogens (tertiary/aromatic N) is 3. The van der Waals surface area contributed by atoms with Crippen LogP contribution in [-0.2, 0) is 9.59 Å². The van der Waals surface area contributed by atoms with E-state index in [4.69, 9.17) is 0 Å². The van der Waals surface area contributed by atoms with Crippen LogP contribution in [-0.4, -0.2) is 33.4 Å². The summed E-state index contributed by atoms with van der Waals surface area (Å²) in [5, 5.41) is 10.9. The quantitative estimate of drug-likeness (QED) is 0.636. The number of carbonyl (C=O) groups excluding carboxylic acids is 3. The fourth-order valence-corrected chi connectivity index (χ4v) is 4.56. The van der Waals surface area contributed by atoms with Crippen molar-refractivity contribution in [2.75, 3.05) is 4.90 Å². The molecule has 1 fully saturated rings. The fraction of sp³-hybridized carbons (Fsp3) is 0.0385. The lowest BCUT2D eigenvalue weighted by atomic mass is 9.91. The summed E-state index contributed by atoms with van der Waals surface area (Å²) in [6.07, 6.45) is 1.56. The minimum atomic E-state index is -1.11. The molecule has 3 aromatic rings. The molecule has 1 unspecified atom stereocenters. The van der Waals surface area contributed by atoms with Gasteiger partial charge in [-0.15, -0.1) is 0 Å². The highest BCUT2D eigenvalue weighted by Gasteiger charge is 2.54. The largest absolute Gasteiger partial charge is 0.506 e. The van der Waals surface area contributed by atoms with Crippen LogP contribution in [0.4, 0.5) is 5.69 Å². The summed E-state index contributed by atoms with van der Waals surface area (Å²) in [5.41, 5.74) is 1.95. The Bertz CT molecular complexity index is 1470. The third-order valence-corrected chi connectivity index (χ3v) is 6.02. The number of benzene rings is 2. The van der Waals surface area contributed by atoms with Gasteiger partial charge in [0.2, 0.25) is 5.91 Å². The van der Waals surface area contributed by atoms with Crippen molar-refractivity contribution >= 4 is 40.5 Å². The molecule has 1 atom stereocenters. The van der Waals surface area contributed by atoms with Crippen molar-refractivity contribution < 1.29 is 19.5 Å². The fourth-order valence-electron chi connectivity index (χ4n) is 4.56. The molecule has 1 saturated heterocycles. The number of hydrogen-bond acceptors (Lipinski definition) is 6. The first-order valence-electron chi connectivity index (χ1n) is 10.3. The van der Waals surface area contributed by atoms with Crippen LogP contribution in [0, 0.1) is 5.92 Å². The van der Waals surface area contributed by atoms with Crippen molar-refractivity contribution in [3.63, 3.8) is 0 Å². The Balaban J connectivity index is 1.56. The van der Waals surface area contributed by atoms with E-state index in [0.29, 0.717) is 22.5 Å². The second-order valence-corrected chi connectivity index (χ2v) is 7.82. The van der Waals surface area contributed by atoms with Gasteiger partial charge in [-0.25, -0.2) is 9.89 Å². The van der Waals surface area contributed by atoms with Crippen molar-refractivity contribution in [2.24, 2.45) is 10.9 Å². The molecule has 6 rings (SSSR count). The molecule has 3 aliphatic rings. The number of aliphatic hydroxyl groups is 1. The third kappa shape index (κ3) is 2.59. The van der Waals surface area contributed by atoms with Crippen LogP contribution >= 0.6 is 0 Å². The van der Waals surface area contributed by atoms with E-state index in [1.165, 1.54) is 0 Å². The van der Waals surface area contributed by atoms with Gasteiger partial charge in [0.05, 0.1) is 33.9 Å². The molecular weight excluding hydrogens is 418 g/mol. The molecule has 3 heterocycles. The first-order valence-corrected chi connectivity index (χ1v) is 10.3. The summed E-state index contributed by atoms with van der Waals surface area (Å²) in [6.45, 7) is 0. The molecular formula is C26H15N3O4. The lowest BCUT2D eigenvalue weighted by molar-refractivity contribution is -0.121. The lowest BCUT2D eigenvalue weighted by Crippen LogP contribution is -2.33. The van der Waals surface area contributed by atoms with E-state index in [1.54, 1.807) is 79.0 Å². The lowest BCUT2D eigenvalue weighted by Gasteiger charge is -2.15. The molecule has 0 saturated carbocycles. The summed E-state index contributed by atoms with van der Waals surface area (Å²) in [4.78, 5) is 50.3. The summed E-state index contributed by atoms with van der Waals surface area (Å²) >= 11 is 0. The maximum Gasteiger partial charge on any atom is 0.264 e. The van der Waals surface area contributed by atoms with E-state index in [-0.39, 0.29) is 28.3 Å². The van der Waals surface area contributed by atoms with E-state index < -0.39 is 23.5 Å².